The zero-order valence-electron chi connectivity index (χ0n) is 28.3. The number of amides is 4. The maximum Gasteiger partial charge on any atom is 0.407 e. The predicted octanol–water partition coefficient (Wildman–Crippen LogP) is 5.44. The molecule has 1 saturated carbocycles. The predicted molar refractivity (Wildman–Crippen MR) is 182 cm³/mol. The summed E-state index contributed by atoms with van der Waals surface area (Å²) in [5.74, 6) is 0.317. The van der Waals surface area contributed by atoms with Gasteiger partial charge in [-0.25, -0.2) is 4.79 Å². The SMILES string of the molecule is CC(C)(C)OC(=O)NCCCCNC(=O)CN1CN(c2ccccc2)C2(CCN(C(=O)c3ccc(C4CCCCC4)cc3)CC2)C1=O. The van der Waals surface area contributed by atoms with E-state index in [1.165, 1.54) is 37.7 Å². The number of hydrogen-bond acceptors (Lipinski definition) is 6. The number of carbonyl (C=O) groups excluding carboxylic acids is 4. The Bertz CT molecular complexity index is 1380. The number of para-hydroxylation sites is 1. The van der Waals surface area contributed by atoms with E-state index < -0.39 is 17.2 Å². The molecule has 254 valence electrons. The first kappa shape index (κ1) is 34.3. The lowest BCUT2D eigenvalue weighted by molar-refractivity contribution is -0.137. The van der Waals surface area contributed by atoms with E-state index in [1.54, 1.807) is 4.90 Å². The molecule has 4 amide bonds. The minimum atomic E-state index is -0.809. The van der Waals surface area contributed by atoms with Crippen LogP contribution in [0.25, 0.3) is 0 Å². The number of carbonyl (C=O) groups is 4. The van der Waals surface area contributed by atoms with Gasteiger partial charge in [0.05, 0.1) is 6.67 Å². The lowest BCUT2D eigenvalue weighted by atomic mass is 9.83. The fourth-order valence-electron chi connectivity index (χ4n) is 7.13. The second-order valence-electron chi connectivity index (χ2n) is 14.2. The Labute approximate surface area is 279 Å². The number of nitrogens with one attached hydrogen (secondary N) is 2. The molecule has 2 aromatic rings. The van der Waals surface area contributed by atoms with Crippen LogP contribution in [-0.2, 0) is 14.3 Å². The van der Waals surface area contributed by atoms with Gasteiger partial charge >= 0.3 is 6.09 Å². The van der Waals surface area contributed by atoms with Crippen molar-refractivity contribution < 1.29 is 23.9 Å². The molecule has 2 aromatic carbocycles. The molecule has 2 aliphatic heterocycles. The summed E-state index contributed by atoms with van der Waals surface area (Å²) in [6, 6.07) is 18.0. The fraction of sp³-hybridized carbons (Fsp3) is 0.568. The van der Waals surface area contributed by atoms with E-state index in [9.17, 15) is 19.2 Å². The largest absolute Gasteiger partial charge is 0.444 e. The summed E-state index contributed by atoms with van der Waals surface area (Å²) in [6.07, 6.45) is 8.22. The van der Waals surface area contributed by atoms with Gasteiger partial charge in [-0.3, -0.25) is 14.4 Å². The summed E-state index contributed by atoms with van der Waals surface area (Å²) in [7, 11) is 0. The van der Waals surface area contributed by atoms with E-state index in [0.29, 0.717) is 70.0 Å². The fourth-order valence-corrected chi connectivity index (χ4v) is 7.13. The molecule has 0 atom stereocenters. The first-order valence-corrected chi connectivity index (χ1v) is 17.3. The summed E-state index contributed by atoms with van der Waals surface area (Å²) in [5.41, 5.74) is 1.59. The number of rotatable bonds is 10. The van der Waals surface area contributed by atoms with E-state index >= 15 is 0 Å². The van der Waals surface area contributed by atoms with Crippen molar-refractivity contribution in [2.45, 2.75) is 95.6 Å². The topological polar surface area (TPSA) is 111 Å². The Morgan fingerprint density at radius 2 is 1.51 bits per heavy atom. The van der Waals surface area contributed by atoms with Gasteiger partial charge in [-0.1, -0.05) is 49.6 Å². The van der Waals surface area contributed by atoms with Gasteiger partial charge < -0.3 is 30.1 Å². The average molecular weight is 646 g/mol. The van der Waals surface area contributed by atoms with Crippen LogP contribution in [0.2, 0.25) is 0 Å². The normalized spacial score (nSPS) is 18.4. The van der Waals surface area contributed by atoms with Gasteiger partial charge in [-0.15, -0.1) is 0 Å². The van der Waals surface area contributed by atoms with Crippen LogP contribution in [0, 0.1) is 0 Å². The molecule has 47 heavy (non-hydrogen) atoms. The lowest BCUT2D eigenvalue weighted by Crippen LogP contribution is -2.57. The van der Waals surface area contributed by atoms with E-state index in [1.807, 2.05) is 68.1 Å². The van der Waals surface area contributed by atoms with Crippen LogP contribution in [0.15, 0.2) is 54.6 Å². The summed E-state index contributed by atoms with van der Waals surface area (Å²) >= 11 is 0. The molecular formula is C37H51N5O5. The first-order chi connectivity index (χ1) is 22.6. The van der Waals surface area contributed by atoms with Crippen molar-refractivity contribution in [1.29, 1.82) is 0 Å². The highest BCUT2D eigenvalue weighted by Crippen LogP contribution is 2.40. The molecule has 2 heterocycles. The highest BCUT2D eigenvalue weighted by atomic mass is 16.6. The van der Waals surface area contributed by atoms with Crippen molar-refractivity contribution in [3.8, 4) is 0 Å². The molecule has 2 N–H and O–H groups in total. The van der Waals surface area contributed by atoms with Crippen LogP contribution in [0.3, 0.4) is 0 Å². The minimum absolute atomic E-state index is 0.00396. The van der Waals surface area contributed by atoms with Crippen molar-refractivity contribution in [3.05, 3.63) is 65.7 Å². The molecule has 3 fully saturated rings. The van der Waals surface area contributed by atoms with Crippen LogP contribution >= 0.6 is 0 Å². The second kappa shape index (κ2) is 15.2. The lowest BCUT2D eigenvalue weighted by Gasteiger charge is -2.43. The number of ether oxygens (including phenoxy) is 1. The van der Waals surface area contributed by atoms with Crippen molar-refractivity contribution >= 4 is 29.5 Å². The van der Waals surface area contributed by atoms with E-state index in [2.05, 4.69) is 27.7 Å². The maximum atomic E-state index is 14.1. The number of benzene rings is 2. The van der Waals surface area contributed by atoms with Crippen LogP contribution in [0.4, 0.5) is 10.5 Å². The second-order valence-corrected chi connectivity index (χ2v) is 14.2. The number of likely N-dealkylation sites (tertiary alicyclic amines) is 1. The van der Waals surface area contributed by atoms with Crippen molar-refractivity contribution in [3.63, 3.8) is 0 Å². The quantitative estimate of drug-likeness (QED) is 0.333. The number of hydrogen-bond donors (Lipinski definition) is 2. The van der Waals surface area contributed by atoms with E-state index in [0.717, 1.165) is 5.69 Å². The Balaban J connectivity index is 1.15. The summed E-state index contributed by atoms with van der Waals surface area (Å²) in [6.45, 7) is 7.56. The first-order valence-electron chi connectivity index (χ1n) is 17.3. The van der Waals surface area contributed by atoms with Crippen LogP contribution in [0.5, 0.6) is 0 Å². The van der Waals surface area contributed by atoms with E-state index in [-0.39, 0.29) is 24.3 Å². The monoisotopic (exact) mass is 645 g/mol. The number of unbranched alkanes of at least 4 members (excludes halogenated alkanes) is 1. The summed E-state index contributed by atoms with van der Waals surface area (Å²) < 4.78 is 5.24. The highest BCUT2D eigenvalue weighted by Gasteiger charge is 2.54. The Kier molecular flexibility index (Phi) is 11.1. The molecule has 0 unspecified atom stereocenters. The van der Waals surface area contributed by atoms with E-state index in [4.69, 9.17) is 4.74 Å². The Morgan fingerprint density at radius 3 is 2.15 bits per heavy atom. The van der Waals surface area contributed by atoms with Crippen LogP contribution < -0.4 is 15.5 Å². The summed E-state index contributed by atoms with van der Waals surface area (Å²) in [5, 5.41) is 5.64. The third-order valence-electron chi connectivity index (χ3n) is 9.62. The molecule has 0 aromatic heterocycles. The molecule has 5 rings (SSSR count). The van der Waals surface area contributed by atoms with Gasteiger partial charge in [0.1, 0.15) is 17.7 Å². The number of piperidine rings is 1. The third kappa shape index (κ3) is 8.64. The zero-order valence-corrected chi connectivity index (χ0v) is 28.3. The molecule has 3 aliphatic rings. The van der Waals surface area contributed by atoms with Crippen LogP contribution in [0.1, 0.15) is 100 Å². The third-order valence-corrected chi connectivity index (χ3v) is 9.62. The molecular weight excluding hydrogens is 594 g/mol. The molecule has 2 saturated heterocycles. The molecule has 1 aliphatic carbocycles. The zero-order chi connectivity index (χ0) is 33.4. The van der Waals surface area contributed by atoms with Crippen molar-refractivity contribution in [1.82, 2.24) is 20.4 Å². The Morgan fingerprint density at radius 1 is 0.872 bits per heavy atom. The number of nitrogens with zero attached hydrogens (tertiary/aromatic N) is 3. The van der Waals surface area contributed by atoms with Gasteiger partial charge in [0.25, 0.3) is 11.8 Å². The smallest absolute Gasteiger partial charge is 0.407 e. The molecule has 0 radical (unpaired) electrons. The average Bonchev–Trinajstić information content (AvgIpc) is 3.32. The van der Waals surface area contributed by atoms with Crippen molar-refractivity contribution in [2.24, 2.45) is 0 Å². The molecule has 0 bridgehead atoms. The molecule has 10 nitrogen and oxygen atoms in total. The maximum absolute atomic E-state index is 14.1. The molecule has 1 spiro atoms. The number of anilines is 1. The molecule has 10 heteroatoms. The van der Waals surface area contributed by atoms with Gasteiger partial charge in [0.15, 0.2) is 0 Å². The van der Waals surface area contributed by atoms with Crippen LogP contribution in [-0.4, -0.2) is 84.1 Å². The Hall–Kier alpha value is -4.08. The van der Waals surface area contributed by atoms with Crippen molar-refractivity contribution in [2.75, 3.05) is 44.3 Å². The van der Waals surface area contributed by atoms with Gasteiger partial charge in [-0.2, -0.15) is 0 Å². The van der Waals surface area contributed by atoms with Gasteiger partial charge in [0.2, 0.25) is 5.91 Å². The van der Waals surface area contributed by atoms with Gasteiger partial charge in [-0.05, 0) is 95.0 Å². The number of alkyl carbamates (subject to hydrolysis) is 1. The summed E-state index contributed by atoms with van der Waals surface area (Å²) in [4.78, 5) is 57.9. The minimum Gasteiger partial charge on any atom is -0.444 e. The highest BCUT2D eigenvalue weighted by molar-refractivity contribution is 5.97. The standard InChI is InChI=1S/C37H51N5O5/c1-36(2,3)47-35(46)39-23-11-10-22-38-32(43)26-41-27-42(31-14-8-5-9-15-31)37(34(41)45)20-24-40(25-21-37)33(44)30-18-16-29(17-19-30)28-12-6-4-7-13-28/h5,8-9,14-19,28H,4,6-7,10-13,20-27H2,1-3H3,(H,38,43)(H,39,46). The van der Waals surface area contributed by atoms with Gasteiger partial charge in [0, 0.05) is 37.4 Å².